The summed E-state index contributed by atoms with van der Waals surface area (Å²) in [5, 5.41) is 10.7. The highest BCUT2D eigenvalue weighted by atomic mass is 32.2. The quantitative estimate of drug-likeness (QED) is 0.689. The number of fused-ring (bicyclic) bond motifs is 1. The van der Waals surface area contributed by atoms with Gasteiger partial charge in [-0.1, -0.05) is 0 Å². The summed E-state index contributed by atoms with van der Waals surface area (Å²) < 4.78 is 0. The average Bonchev–Trinajstić information content (AvgIpc) is 2.53. The maximum Gasteiger partial charge on any atom is 0.304 e. The summed E-state index contributed by atoms with van der Waals surface area (Å²) in [6.07, 6.45) is 0.150. The Balaban J connectivity index is 2.38. The number of aliphatic carboxylic acids is 1. The molecule has 18 heavy (non-hydrogen) atoms. The number of carbonyl (C=O) groups is 1. The summed E-state index contributed by atoms with van der Waals surface area (Å²) in [5.41, 5.74) is 1.20. The van der Waals surface area contributed by atoms with Crippen molar-refractivity contribution in [3.05, 3.63) is 16.3 Å². The average molecular weight is 282 g/mol. The van der Waals surface area contributed by atoms with Crippen LogP contribution in [0.2, 0.25) is 0 Å². The van der Waals surface area contributed by atoms with Gasteiger partial charge in [0.15, 0.2) is 0 Å². The Kier molecular flexibility index (Phi) is 3.87. The number of hydrogen-bond acceptors (Lipinski definition) is 5. The van der Waals surface area contributed by atoms with Crippen LogP contribution in [0, 0.1) is 20.8 Å². The molecule has 2 rings (SSSR count). The van der Waals surface area contributed by atoms with Gasteiger partial charge in [-0.15, -0.1) is 23.1 Å². The fourth-order valence-corrected chi connectivity index (χ4v) is 3.85. The molecule has 0 saturated carbocycles. The Bertz CT molecular complexity index is 608. The van der Waals surface area contributed by atoms with E-state index in [4.69, 9.17) is 5.11 Å². The van der Waals surface area contributed by atoms with Crippen molar-refractivity contribution in [2.75, 3.05) is 5.75 Å². The highest BCUT2D eigenvalue weighted by Gasteiger charge is 2.13. The molecule has 96 valence electrons. The first-order valence-corrected chi connectivity index (χ1v) is 7.38. The number of carboxylic acid groups (broad SMARTS) is 1. The topological polar surface area (TPSA) is 63.1 Å². The summed E-state index contributed by atoms with van der Waals surface area (Å²) in [7, 11) is 0. The second-order valence-corrected chi connectivity index (χ2v) is 6.32. The fraction of sp³-hybridized carbons (Fsp3) is 0.417. The largest absolute Gasteiger partial charge is 0.481 e. The summed E-state index contributed by atoms with van der Waals surface area (Å²) >= 11 is 3.16. The Morgan fingerprint density at radius 2 is 2.06 bits per heavy atom. The van der Waals surface area contributed by atoms with E-state index >= 15 is 0 Å². The SMILES string of the molecule is Cc1nc(SCCC(=O)O)c2c(C)c(C)sc2n1. The van der Waals surface area contributed by atoms with Crippen LogP contribution in [0.4, 0.5) is 0 Å². The molecule has 0 bridgehead atoms. The molecule has 0 radical (unpaired) electrons. The highest BCUT2D eigenvalue weighted by Crippen LogP contribution is 2.35. The fourth-order valence-electron chi connectivity index (χ4n) is 1.65. The third-order valence-corrected chi connectivity index (χ3v) is 4.74. The van der Waals surface area contributed by atoms with Gasteiger partial charge >= 0.3 is 5.97 Å². The minimum absolute atomic E-state index is 0.150. The number of aromatic nitrogens is 2. The van der Waals surface area contributed by atoms with Crippen LogP contribution in [0.3, 0.4) is 0 Å². The molecule has 0 aliphatic rings. The maximum atomic E-state index is 10.5. The molecular weight excluding hydrogens is 268 g/mol. The molecule has 2 aromatic heterocycles. The summed E-state index contributed by atoms with van der Waals surface area (Å²) in [5.74, 6) is 0.499. The first-order chi connectivity index (χ1) is 8.49. The number of hydrogen-bond donors (Lipinski definition) is 1. The van der Waals surface area contributed by atoms with E-state index in [1.54, 1.807) is 11.3 Å². The Hall–Kier alpha value is -1.14. The molecular formula is C12H14N2O2S2. The van der Waals surface area contributed by atoms with E-state index in [1.807, 2.05) is 6.92 Å². The van der Waals surface area contributed by atoms with Gasteiger partial charge in [0.1, 0.15) is 15.7 Å². The van der Waals surface area contributed by atoms with Crippen molar-refractivity contribution in [3.63, 3.8) is 0 Å². The molecule has 2 heterocycles. The maximum absolute atomic E-state index is 10.5. The van der Waals surface area contributed by atoms with Gasteiger partial charge in [-0.25, -0.2) is 9.97 Å². The molecule has 4 nitrogen and oxygen atoms in total. The zero-order valence-electron chi connectivity index (χ0n) is 10.5. The third-order valence-electron chi connectivity index (χ3n) is 2.66. The van der Waals surface area contributed by atoms with Crippen LogP contribution >= 0.6 is 23.1 Å². The van der Waals surface area contributed by atoms with Crippen molar-refractivity contribution in [2.45, 2.75) is 32.2 Å². The molecule has 6 heteroatoms. The highest BCUT2D eigenvalue weighted by molar-refractivity contribution is 7.99. The number of aryl methyl sites for hydroxylation is 3. The van der Waals surface area contributed by atoms with E-state index in [9.17, 15) is 4.79 Å². The molecule has 0 aliphatic heterocycles. The molecule has 0 unspecified atom stereocenters. The number of thioether (sulfide) groups is 1. The van der Waals surface area contributed by atoms with Crippen molar-refractivity contribution in [2.24, 2.45) is 0 Å². The van der Waals surface area contributed by atoms with Gasteiger partial charge in [0.25, 0.3) is 0 Å². The molecule has 1 N–H and O–H groups in total. The van der Waals surface area contributed by atoms with Gasteiger partial charge in [0.2, 0.25) is 0 Å². The van der Waals surface area contributed by atoms with Gasteiger partial charge in [-0.05, 0) is 26.3 Å². The minimum atomic E-state index is -0.775. The molecule has 0 aromatic carbocycles. The second-order valence-electron chi connectivity index (χ2n) is 4.03. The number of nitrogens with zero attached hydrogens (tertiary/aromatic N) is 2. The van der Waals surface area contributed by atoms with E-state index in [1.165, 1.54) is 22.2 Å². The van der Waals surface area contributed by atoms with Crippen LogP contribution in [0.25, 0.3) is 10.2 Å². The van der Waals surface area contributed by atoms with Gasteiger partial charge in [0.05, 0.1) is 6.42 Å². The molecule has 0 aliphatic carbocycles. The molecule has 0 atom stereocenters. The van der Waals surface area contributed by atoms with Crippen molar-refractivity contribution >= 4 is 39.3 Å². The predicted molar refractivity (Wildman–Crippen MR) is 74.6 cm³/mol. The first-order valence-electron chi connectivity index (χ1n) is 5.58. The zero-order chi connectivity index (χ0) is 13.3. The summed E-state index contributed by atoms with van der Waals surface area (Å²) in [6.45, 7) is 6.00. The van der Waals surface area contributed by atoms with Crippen molar-refractivity contribution < 1.29 is 9.90 Å². The third kappa shape index (κ3) is 2.64. The van der Waals surface area contributed by atoms with Crippen LogP contribution in [0.1, 0.15) is 22.7 Å². The van der Waals surface area contributed by atoms with Crippen LogP contribution in [0.5, 0.6) is 0 Å². The van der Waals surface area contributed by atoms with Crippen molar-refractivity contribution in [3.8, 4) is 0 Å². The Labute approximate surface area is 113 Å². The Morgan fingerprint density at radius 3 is 2.72 bits per heavy atom. The number of rotatable bonds is 4. The lowest BCUT2D eigenvalue weighted by Gasteiger charge is -2.03. The lowest BCUT2D eigenvalue weighted by molar-refractivity contribution is -0.136. The van der Waals surface area contributed by atoms with E-state index in [2.05, 4.69) is 23.8 Å². The summed E-state index contributed by atoms with van der Waals surface area (Å²) in [4.78, 5) is 21.7. The van der Waals surface area contributed by atoms with Gasteiger partial charge in [-0.3, -0.25) is 4.79 Å². The normalized spacial score (nSPS) is 11.1. The van der Waals surface area contributed by atoms with Gasteiger partial charge in [0, 0.05) is 16.0 Å². The lowest BCUT2D eigenvalue weighted by atomic mass is 10.2. The second kappa shape index (κ2) is 5.24. The molecule has 0 spiro atoms. The Morgan fingerprint density at radius 1 is 1.33 bits per heavy atom. The minimum Gasteiger partial charge on any atom is -0.481 e. The molecule has 0 saturated heterocycles. The van der Waals surface area contributed by atoms with Gasteiger partial charge in [-0.2, -0.15) is 0 Å². The van der Waals surface area contributed by atoms with Crippen molar-refractivity contribution in [1.29, 1.82) is 0 Å². The van der Waals surface area contributed by atoms with Crippen LogP contribution < -0.4 is 0 Å². The lowest BCUT2D eigenvalue weighted by Crippen LogP contribution is -1.97. The standard InChI is InChI=1S/C12H14N2O2S2/c1-6-7(2)18-12-10(6)11(13-8(3)14-12)17-5-4-9(15)16/h4-5H2,1-3H3,(H,15,16). The summed E-state index contributed by atoms with van der Waals surface area (Å²) in [6, 6.07) is 0. The van der Waals surface area contributed by atoms with Crippen molar-refractivity contribution in [1.82, 2.24) is 9.97 Å². The number of carboxylic acids is 1. The molecule has 0 amide bonds. The monoisotopic (exact) mass is 282 g/mol. The smallest absolute Gasteiger partial charge is 0.304 e. The van der Waals surface area contributed by atoms with Crippen LogP contribution in [-0.4, -0.2) is 26.8 Å². The van der Waals surface area contributed by atoms with Gasteiger partial charge < -0.3 is 5.11 Å². The van der Waals surface area contributed by atoms with Crippen LogP contribution in [-0.2, 0) is 4.79 Å². The predicted octanol–water partition coefficient (Wildman–Crippen LogP) is 3.18. The number of thiophene rings is 1. The zero-order valence-corrected chi connectivity index (χ0v) is 12.1. The van der Waals surface area contributed by atoms with E-state index in [0.29, 0.717) is 5.75 Å². The van der Waals surface area contributed by atoms with E-state index in [0.717, 1.165) is 21.1 Å². The first kappa shape index (κ1) is 13.3. The molecule has 2 aromatic rings. The van der Waals surface area contributed by atoms with Crippen LogP contribution in [0.15, 0.2) is 5.03 Å². The van der Waals surface area contributed by atoms with E-state index < -0.39 is 5.97 Å². The van der Waals surface area contributed by atoms with E-state index in [-0.39, 0.29) is 6.42 Å². The molecule has 0 fully saturated rings.